The van der Waals surface area contributed by atoms with Gasteiger partial charge < -0.3 is 20.1 Å². The van der Waals surface area contributed by atoms with Crippen molar-refractivity contribution < 1.29 is 9.84 Å². The zero-order valence-electron chi connectivity index (χ0n) is 15.0. The van der Waals surface area contributed by atoms with Crippen LogP contribution in [0.4, 0.5) is 5.69 Å². The molecule has 2 N–H and O–H groups in total. The number of nitrogens with zero attached hydrogens (tertiary/aromatic N) is 2. The smallest absolute Gasteiger partial charge is 0.121 e. The van der Waals surface area contributed by atoms with Crippen LogP contribution in [0.15, 0.2) is 30.5 Å². The maximum Gasteiger partial charge on any atom is 0.121 e. The van der Waals surface area contributed by atoms with Gasteiger partial charge in [-0.3, -0.25) is 4.98 Å². The summed E-state index contributed by atoms with van der Waals surface area (Å²) in [6, 6.07) is 7.82. The number of hydrogen-bond acceptors (Lipinski definition) is 5. The molecule has 0 saturated carbocycles. The van der Waals surface area contributed by atoms with Gasteiger partial charge in [0.25, 0.3) is 0 Å². The maximum atomic E-state index is 10.4. The van der Waals surface area contributed by atoms with Crippen LogP contribution >= 0.6 is 0 Å². The number of nitrogens with one attached hydrogen (secondary N) is 1. The summed E-state index contributed by atoms with van der Waals surface area (Å²) in [6.45, 7) is 7.55. The molecule has 2 aromatic rings. The van der Waals surface area contributed by atoms with Crippen molar-refractivity contribution in [2.75, 3.05) is 38.6 Å². The summed E-state index contributed by atoms with van der Waals surface area (Å²) in [7, 11) is 1.66. The van der Waals surface area contributed by atoms with Crippen molar-refractivity contribution in [2.24, 2.45) is 0 Å². The molecule has 132 valence electrons. The van der Waals surface area contributed by atoms with Crippen LogP contribution in [0.1, 0.15) is 26.7 Å². The third kappa shape index (κ3) is 5.08. The van der Waals surface area contributed by atoms with Gasteiger partial charge in [-0.15, -0.1) is 0 Å². The van der Waals surface area contributed by atoms with Gasteiger partial charge in [-0.25, -0.2) is 0 Å². The molecule has 0 fully saturated rings. The second kappa shape index (κ2) is 9.45. The van der Waals surface area contributed by atoms with E-state index in [1.807, 2.05) is 24.3 Å². The number of anilines is 1. The van der Waals surface area contributed by atoms with Crippen molar-refractivity contribution in [1.82, 2.24) is 9.88 Å². The van der Waals surface area contributed by atoms with E-state index in [0.29, 0.717) is 13.1 Å². The average molecular weight is 331 g/mol. The number of aliphatic hydroxyl groups is 1. The minimum Gasteiger partial charge on any atom is -0.497 e. The molecular formula is C19H29N3O2. The normalized spacial score (nSPS) is 12.5. The number of benzene rings is 1. The van der Waals surface area contributed by atoms with E-state index in [2.05, 4.69) is 29.0 Å². The number of aliphatic hydroxyl groups excluding tert-OH is 1. The molecule has 0 unspecified atom stereocenters. The molecule has 0 radical (unpaired) electrons. The van der Waals surface area contributed by atoms with Gasteiger partial charge in [-0.2, -0.15) is 0 Å². The molecule has 0 bridgehead atoms. The van der Waals surface area contributed by atoms with Crippen LogP contribution in [0.25, 0.3) is 10.9 Å². The molecule has 2 rings (SSSR count). The van der Waals surface area contributed by atoms with Crippen LogP contribution in [0.3, 0.4) is 0 Å². The molecule has 1 heterocycles. The van der Waals surface area contributed by atoms with Gasteiger partial charge in [0.1, 0.15) is 5.75 Å². The Hall–Kier alpha value is -1.85. The monoisotopic (exact) mass is 331 g/mol. The quantitative estimate of drug-likeness (QED) is 0.700. The fourth-order valence-electron chi connectivity index (χ4n) is 2.93. The van der Waals surface area contributed by atoms with Crippen LogP contribution in [-0.4, -0.2) is 54.4 Å². The predicted molar refractivity (Wildman–Crippen MR) is 99.8 cm³/mol. The predicted octanol–water partition coefficient (Wildman–Crippen LogP) is 3.14. The number of hydrogen-bond donors (Lipinski definition) is 2. The molecule has 5 heteroatoms. The second-order valence-corrected chi connectivity index (χ2v) is 6.09. The molecule has 24 heavy (non-hydrogen) atoms. The Kier molecular flexibility index (Phi) is 7.28. The summed E-state index contributed by atoms with van der Waals surface area (Å²) in [5.41, 5.74) is 1.78. The SMILES string of the molecule is CCCN(CCC)C[C@@H](O)CNc1cc(OC)cc2cccnc12. The van der Waals surface area contributed by atoms with Crippen LogP contribution in [0, 0.1) is 0 Å². The van der Waals surface area contributed by atoms with Gasteiger partial charge in [0.15, 0.2) is 0 Å². The molecule has 5 nitrogen and oxygen atoms in total. The first-order valence-corrected chi connectivity index (χ1v) is 8.75. The maximum absolute atomic E-state index is 10.4. The Bertz CT molecular complexity index is 627. The van der Waals surface area contributed by atoms with E-state index in [9.17, 15) is 5.11 Å². The van der Waals surface area contributed by atoms with E-state index in [1.54, 1.807) is 13.3 Å². The van der Waals surface area contributed by atoms with Crippen LogP contribution in [-0.2, 0) is 0 Å². The molecule has 0 aliphatic carbocycles. The Labute approximate surface area is 144 Å². The topological polar surface area (TPSA) is 57.6 Å². The van der Waals surface area contributed by atoms with Gasteiger partial charge in [0, 0.05) is 30.7 Å². The van der Waals surface area contributed by atoms with Crippen molar-refractivity contribution >= 4 is 16.6 Å². The number of pyridine rings is 1. The van der Waals surface area contributed by atoms with E-state index in [-0.39, 0.29) is 0 Å². The van der Waals surface area contributed by atoms with Gasteiger partial charge in [0.2, 0.25) is 0 Å². The Morgan fingerprint density at radius 1 is 1.25 bits per heavy atom. The van der Waals surface area contributed by atoms with Crippen molar-refractivity contribution in [3.05, 3.63) is 30.5 Å². The molecular weight excluding hydrogens is 302 g/mol. The number of fused-ring (bicyclic) bond motifs is 1. The fourth-order valence-corrected chi connectivity index (χ4v) is 2.93. The summed E-state index contributed by atoms with van der Waals surface area (Å²) < 4.78 is 5.36. The summed E-state index contributed by atoms with van der Waals surface area (Å²) in [5, 5.41) is 14.7. The number of ether oxygens (including phenoxy) is 1. The van der Waals surface area contributed by atoms with Crippen molar-refractivity contribution in [3.63, 3.8) is 0 Å². The Morgan fingerprint density at radius 2 is 2.00 bits per heavy atom. The first kappa shape index (κ1) is 18.5. The van der Waals surface area contributed by atoms with Crippen LogP contribution in [0.5, 0.6) is 5.75 Å². The minimum atomic E-state index is -0.423. The summed E-state index contributed by atoms with van der Waals surface area (Å²) >= 11 is 0. The highest BCUT2D eigenvalue weighted by Crippen LogP contribution is 2.27. The van der Waals surface area contributed by atoms with Gasteiger partial charge in [-0.1, -0.05) is 19.9 Å². The highest BCUT2D eigenvalue weighted by Gasteiger charge is 2.12. The van der Waals surface area contributed by atoms with E-state index in [1.165, 1.54) is 0 Å². The first-order chi connectivity index (χ1) is 11.7. The molecule has 1 aromatic carbocycles. The second-order valence-electron chi connectivity index (χ2n) is 6.09. The van der Waals surface area contributed by atoms with Crippen LogP contribution in [0.2, 0.25) is 0 Å². The lowest BCUT2D eigenvalue weighted by molar-refractivity contribution is 0.121. The largest absolute Gasteiger partial charge is 0.497 e. The van der Waals surface area contributed by atoms with Gasteiger partial charge >= 0.3 is 0 Å². The lowest BCUT2D eigenvalue weighted by Gasteiger charge is -2.24. The van der Waals surface area contributed by atoms with E-state index in [0.717, 1.165) is 48.3 Å². The average Bonchev–Trinajstić information content (AvgIpc) is 2.59. The third-order valence-corrected chi connectivity index (χ3v) is 3.99. The zero-order valence-corrected chi connectivity index (χ0v) is 15.0. The van der Waals surface area contributed by atoms with Crippen LogP contribution < -0.4 is 10.1 Å². The standard InChI is InChI=1S/C19H29N3O2/c1-4-9-22(10-5-2)14-16(23)13-21-18-12-17(24-3)11-15-7-6-8-20-19(15)18/h6-8,11-12,16,21,23H,4-5,9-10,13-14H2,1-3H3/t16-/m0/s1. The lowest BCUT2D eigenvalue weighted by Crippen LogP contribution is -2.37. The van der Waals surface area contributed by atoms with E-state index >= 15 is 0 Å². The molecule has 1 aromatic heterocycles. The fraction of sp³-hybridized carbons (Fsp3) is 0.526. The van der Waals surface area contributed by atoms with Gasteiger partial charge in [0.05, 0.1) is 24.4 Å². The molecule has 0 aliphatic rings. The summed E-state index contributed by atoms with van der Waals surface area (Å²) in [4.78, 5) is 6.76. The van der Waals surface area contributed by atoms with E-state index in [4.69, 9.17) is 4.74 Å². The van der Waals surface area contributed by atoms with E-state index < -0.39 is 6.10 Å². The molecule has 0 spiro atoms. The lowest BCUT2D eigenvalue weighted by atomic mass is 10.1. The van der Waals surface area contributed by atoms with Crippen molar-refractivity contribution in [1.29, 1.82) is 0 Å². The number of aromatic nitrogens is 1. The zero-order chi connectivity index (χ0) is 17.4. The highest BCUT2D eigenvalue weighted by molar-refractivity contribution is 5.91. The minimum absolute atomic E-state index is 0.423. The summed E-state index contributed by atoms with van der Waals surface area (Å²) in [6.07, 6.45) is 3.56. The van der Waals surface area contributed by atoms with Gasteiger partial charge in [-0.05, 0) is 38.1 Å². The molecule has 1 atom stereocenters. The molecule has 0 saturated heterocycles. The van der Waals surface area contributed by atoms with Crippen molar-refractivity contribution in [3.8, 4) is 5.75 Å². The van der Waals surface area contributed by atoms with Crippen molar-refractivity contribution in [2.45, 2.75) is 32.8 Å². The first-order valence-electron chi connectivity index (χ1n) is 8.75. The summed E-state index contributed by atoms with van der Waals surface area (Å²) in [5.74, 6) is 0.783. The number of rotatable bonds is 10. The number of methoxy groups -OCH3 is 1. The Morgan fingerprint density at radius 3 is 2.67 bits per heavy atom. The molecule has 0 amide bonds. The molecule has 0 aliphatic heterocycles. The third-order valence-electron chi connectivity index (χ3n) is 3.99. The highest BCUT2D eigenvalue weighted by atomic mass is 16.5. The Balaban J connectivity index is 2.04.